The van der Waals surface area contributed by atoms with Gasteiger partial charge in [-0.05, 0) is 6.42 Å². The number of amides is 2. The summed E-state index contributed by atoms with van der Waals surface area (Å²) in [7, 11) is 0. The number of carbonyl (C=O) groups excluding carboxylic acids is 1. The fraction of sp³-hybridized carbons (Fsp3) is 0.421. The first-order chi connectivity index (χ1) is 12.7. The summed E-state index contributed by atoms with van der Waals surface area (Å²) in [4.78, 5) is 23.0. The van der Waals surface area contributed by atoms with Gasteiger partial charge >= 0.3 is 6.03 Å². The molecule has 0 saturated carbocycles. The van der Waals surface area contributed by atoms with E-state index in [2.05, 4.69) is 16.0 Å². The van der Waals surface area contributed by atoms with E-state index in [1.165, 1.54) is 0 Å². The summed E-state index contributed by atoms with van der Waals surface area (Å²) in [6, 6.07) is 9.47. The summed E-state index contributed by atoms with van der Waals surface area (Å²) in [5, 5.41) is 20.6. The lowest BCUT2D eigenvalue weighted by atomic mass is 10.1. The van der Waals surface area contributed by atoms with Gasteiger partial charge in [-0.2, -0.15) is 5.26 Å². The van der Waals surface area contributed by atoms with Crippen molar-refractivity contribution in [1.29, 1.82) is 5.26 Å². The highest BCUT2D eigenvalue weighted by Gasteiger charge is 2.43. The minimum absolute atomic E-state index is 0.0813. The third-order valence-electron chi connectivity index (χ3n) is 5.29. The Bertz CT molecular complexity index is 859. The minimum atomic E-state index is -0.526. The van der Waals surface area contributed by atoms with Crippen LogP contribution in [0.15, 0.2) is 36.7 Å². The van der Waals surface area contributed by atoms with Crippen LogP contribution in [0.25, 0.3) is 10.8 Å². The average molecular weight is 351 g/mol. The Labute approximate surface area is 152 Å². The number of aliphatic hydroxyl groups excluding tert-OH is 1. The van der Waals surface area contributed by atoms with Gasteiger partial charge in [0.2, 0.25) is 0 Å². The van der Waals surface area contributed by atoms with Crippen LogP contribution < -0.4 is 4.90 Å². The predicted octanol–water partition coefficient (Wildman–Crippen LogP) is 1.44. The van der Waals surface area contributed by atoms with E-state index in [1.54, 1.807) is 17.3 Å². The van der Waals surface area contributed by atoms with Crippen LogP contribution in [0.3, 0.4) is 0 Å². The Morgan fingerprint density at radius 2 is 2.12 bits per heavy atom. The molecule has 1 aromatic heterocycles. The SMILES string of the molecule is N#C[C@H]1CN([C@@H]2CCN(CCO)C2)C(=O)N1c1cncc2ccccc12. The van der Waals surface area contributed by atoms with Gasteiger partial charge in [-0.1, -0.05) is 24.3 Å². The zero-order valence-corrected chi connectivity index (χ0v) is 14.5. The molecule has 7 nitrogen and oxygen atoms in total. The van der Waals surface area contributed by atoms with Crippen molar-refractivity contribution in [1.82, 2.24) is 14.8 Å². The summed E-state index contributed by atoms with van der Waals surface area (Å²) < 4.78 is 0. The fourth-order valence-corrected chi connectivity index (χ4v) is 4.00. The summed E-state index contributed by atoms with van der Waals surface area (Å²) >= 11 is 0. The van der Waals surface area contributed by atoms with Crippen LogP contribution in [-0.4, -0.2) is 70.8 Å². The molecule has 26 heavy (non-hydrogen) atoms. The van der Waals surface area contributed by atoms with E-state index in [-0.39, 0.29) is 18.7 Å². The van der Waals surface area contributed by atoms with Crippen molar-refractivity contribution in [2.75, 3.05) is 37.7 Å². The normalized spacial score (nSPS) is 23.8. The molecule has 0 radical (unpaired) electrons. The lowest BCUT2D eigenvalue weighted by Crippen LogP contribution is -2.41. The third kappa shape index (κ3) is 2.77. The van der Waals surface area contributed by atoms with E-state index in [9.17, 15) is 10.1 Å². The van der Waals surface area contributed by atoms with E-state index in [4.69, 9.17) is 5.11 Å². The van der Waals surface area contributed by atoms with E-state index in [0.29, 0.717) is 18.8 Å². The van der Waals surface area contributed by atoms with E-state index < -0.39 is 6.04 Å². The Morgan fingerprint density at radius 3 is 2.92 bits per heavy atom. The average Bonchev–Trinajstić information content (AvgIpc) is 3.25. The summed E-state index contributed by atoms with van der Waals surface area (Å²) in [5.74, 6) is 0. The van der Waals surface area contributed by atoms with Gasteiger partial charge in [0, 0.05) is 42.6 Å². The first-order valence-corrected chi connectivity index (χ1v) is 8.88. The van der Waals surface area contributed by atoms with E-state index in [0.717, 1.165) is 30.3 Å². The number of hydrogen-bond donors (Lipinski definition) is 1. The first kappa shape index (κ1) is 16.8. The Hall–Kier alpha value is -2.69. The van der Waals surface area contributed by atoms with Gasteiger partial charge in [-0.15, -0.1) is 0 Å². The first-order valence-electron chi connectivity index (χ1n) is 8.88. The van der Waals surface area contributed by atoms with Crippen LogP contribution in [0.1, 0.15) is 6.42 Å². The minimum Gasteiger partial charge on any atom is -0.395 e. The quantitative estimate of drug-likeness (QED) is 0.901. The molecular weight excluding hydrogens is 330 g/mol. The molecule has 0 spiro atoms. The van der Waals surface area contributed by atoms with E-state index >= 15 is 0 Å². The monoisotopic (exact) mass is 351 g/mol. The van der Waals surface area contributed by atoms with Crippen LogP contribution in [0.2, 0.25) is 0 Å². The van der Waals surface area contributed by atoms with Crippen molar-refractivity contribution in [2.24, 2.45) is 0 Å². The van der Waals surface area contributed by atoms with Gasteiger partial charge in [0.25, 0.3) is 0 Å². The summed E-state index contributed by atoms with van der Waals surface area (Å²) in [6.45, 7) is 2.75. The molecule has 1 aromatic carbocycles. The molecule has 2 aromatic rings. The van der Waals surface area contributed by atoms with Crippen LogP contribution in [0, 0.1) is 11.3 Å². The van der Waals surface area contributed by atoms with Gasteiger partial charge in [0.1, 0.15) is 6.04 Å². The zero-order chi connectivity index (χ0) is 18.1. The molecule has 2 amide bonds. The molecular formula is C19H21N5O2. The van der Waals surface area contributed by atoms with Crippen LogP contribution in [-0.2, 0) is 0 Å². The van der Waals surface area contributed by atoms with Crippen molar-refractivity contribution in [3.05, 3.63) is 36.7 Å². The number of aliphatic hydroxyl groups is 1. The second-order valence-corrected chi connectivity index (χ2v) is 6.80. The lowest BCUT2D eigenvalue weighted by Gasteiger charge is -2.25. The lowest BCUT2D eigenvalue weighted by molar-refractivity contribution is 0.189. The third-order valence-corrected chi connectivity index (χ3v) is 5.29. The van der Waals surface area contributed by atoms with Gasteiger partial charge in [-0.25, -0.2) is 4.79 Å². The summed E-state index contributed by atoms with van der Waals surface area (Å²) in [6.07, 6.45) is 4.30. The van der Waals surface area contributed by atoms with Crippen LogP contribution in [0.4, 0.5) is 10.5 Å². The van der Waals surface area contributed by atoms with Crippen molar-refractivity contribution < 1.29 is 9.90 Å². The molecule has 134 valence electrons. The van der Waals surface area contributed by atoms with Gasteiger partial charge in [0.15, 0.2) is 0 Å². The molecule has 0 unspecified atom stereocenters. The number of nitriles is 1. The largest absolute Gasteiger partial charge is 0.395 e. The number of aromatic nitrogens is 1. The van der Waals surface area contributed by atoms with Gasteiger partial charge in [0.05, 0.1) is 31.1 Å². The Kier molecular flexibility index (Phi) is 4.45. The fourth-order valence-electron chi connectivity index (χ4n) is 4.00. The number of anilines is 1. The standard InChI is InChI=1S/C19H21N5O2/c20-9-16-13-23(15-5-6-22(12-15)7-8-25)19(26)24(16)18-11-21-10-14-3-1-2-4-17(14)18/h1-4,10-11,15-16,25H,5-8,12-13H2/t15-,16+/m1/s1. The van der Waals surface area contributed by atoms with Crippen molar-refractivity contribution in [3.8, 4) is 6.07 Å². The highest BCUT2D eigenvalue weighted by Crippen LogP contribution is 2.32. The topological polar surface area (TPSA) is 83.7 Å². The second-order valence-electron chi connectivity index (χ2n) is 6.80. The molecule has 3 heterocycles. The zero-order valence-electron chi connectivity index (χ0n) is 14.5. The molecule has 4 rings (SSSR count). The Morgan fingerprint density at radius 1 is 1.27 bits per heavy atom. The van der Waals surface area contributed by atoms with Gasteiger partial charge in [-0.3, -0.25) is 14.8 Å². The number of β-amino-alcohol motifs (C(OH)–C–C–N with tert-alkyl or cyclic N) is 1. The maximum absolute atomic E-state index is 13.2. The van der Waals surface area contributed by atoms with Crippen LogP contribution in [0.5, 0.6) is 0 Å². The second kappa shape index (κ2) is 6.90. The number of pyridine rings is 1. The highest BCUT2D eigenvalue weighted by atomic mass is 16.3. The Balaban J connectivity index is 1.64. The highest BCUT2D eigenvalue weighted by molar-refractivity contribution is 6.04. The number of likely N-dealkylation sites (tertiary alicyclic amines) is 1. The molecule has 2 atom stereocenters. The number of fused-ring (bicyclic) bond motifs is 1. The van der Waals surface area contributed by atoms with Gasteiger partial charge < -0.3 is 10.0 Å². The van der Waals surface area contributed by atoms with E-state index in [1.807, 2.05) is 29.2 Å². The molecule has 1 N–H and O–H groups in total. The summed E-state index contributed by atoms with van der Waals surface area (Å²) in [5.41, 5.74) is 0.687. The number of benzene rings is 1. The number of nitrogens with zero attached hydrogens (tertiary/aromatic N) is 5. The molecule has 2 saturated heterocycles. The molecule has 2 aliphatic rings. The smallest absolute Gasteiger partial charge is 0.326 e. The maximum atomic E-state index is 13.2. The van der Waals surface area contributed by atoms with Crippen molar-refractivity contribution in [2.45, 2.75) is 18.5 Å². The number of urea groups is 1. The van der Waals surface area contributed by atoms with Crippen molar-refractivity contribution in [3.63, 3.8) is 0 Å². The number of hydrogen-bond acceptors (Lipinski definition) is 5. The maximum Gasteiger partial charge on any atom is 0.326 e. The molecule has 2 aliphatic heterocycles. The molecule has 2 fully saturated rings. The molecule has 0 aliphatic carbocycles. The van der Waals surface area contributed by atoms with Crippen LogP contribution >= 0.6 is 0 Å². The number of carbonyl (C=O) groups is 1. The predicted molar refractivity (Wildman–Crippen MR) is 97.7 cm³/mol. The molecule has 0 bridgehead atoms. The number of rotatable bonds is 4. The van der Waals surface area contributed by atoms with Crippen molar-refractivity contribution >= 4 is 22.5 Å². The molecule has 7 heteroatoms.